The van der Waals surface area contributed by atoms with Gasteiger partial charge in [0.25, 0.3) is 11.8 Å². The van der Waals surface area contributed by atoms with Crippen molar-refractivity contribution in [2.75, 3.05) is 83.4 Å². The molecular weight excluding hydrogens is 1120 g/mol. The molecule has 2 saturated heterocycles. The molecule has 5 N–H and O–H groups in total. The second-order valence-electron chi connectivity index (χ2n) is 23.0. The van der Waals surface area contributed by atoms with Crippen molar-refractivity contribution in [3.63, 3.8) is 0 Å². The van der Waals surface area contributed by atoms with Crippen molar-refractivity contribution >= 4 is 63.9 Å². The maximum absolute atomic E-state index is 13.7. The lowest BCUT2D eigenvalue weighted by molar-refractivity contribution is 0.0240. The number of benzene rings is 6. The first-order chi connectivity index (χ1) is 43.0. The Labute approximate surface area is 518 Å². The molecule has 6 aromatic carbocycles. The Hall–Kier alpha value is -10.7. The SMILES string of the molecule is Cc1cn(-c2cc(NC(=O)c3ccc(C)c(Nc4nccc(-c5ccccc5)n4)c3)cc(N3CCN(C(=O)OC(C)(C)C)CC3)c2)cn1.Cc1cn(-c2cc(NC(=O)c3ccc(C)c(Nc4nccc(-c5ccccc5)n4)c3)cc(N3CCNCC3)c2)cn1. The van der Waals surface area contributed by atoms with Crippen molar-refractivity contribution in [2.45, 2.75) is 54.1 Å². The Morgan fingerprint density at radius 2 is 0.933 bits per heavy atom. The first-order valence-electron chi connectivity index (χ1n) is 29.7. The summed E-state index contributed by atoms with van der Waals surface area (Å²) in [5.74, 6) is 0.460. The Kier molecular flexibility index (Phi) is 18.1. The molecule has 89 heavy (non-hydrogen) atoms. The van der Waals surface area contributed by atoms with Gasteiger partial charge in [-0.1, -0.05) is 72.8 Å². The van der Waals surface area contributed by atoms with Gasteiger partial charge in [-0.3, -0.25) is 9.59 Å². The van der Waals surface area contributed by atoms with Crippen LogP contribution in [0.1, 0.15) is 64.0 Å². The number of aromatic nitrogens is 8. The Morgan fingerprint density at radius 1 is 0.494 bits per heavy atom. The number of nitrogens with one attached hydrogen (secondary N) is 5. The van der Waals surface area contributed by atoms with Crippen LogP contribution in [-0.4, -0.2) is 120 Å². The molecule has 0 radical (unpaired) electrons. The molecule has 0 unspecified atom stereocenters. The molecule has 2 aliphatic heterocycles. The van der Waals surface area contributed by atoms with Crippen LogP contribution >= 0.6 is 0 Å². The molecule has 2 aliphatic rings. The standard InChI is InChI=1S/C37H40N8O3.C32H32N8O/c1-25-11-12-28(19-33(25)42-35-38-14-13-32(41-35)27-9-7-6-8-10-27)34(46)40-29-20-30(22-31(21-29)45-23-26(2)39-24-45)43-15-17-44(18-16-43)36(47)48-37(3,4)5;1-22-8-9-25(16-30(22)38-32-34-11-10-29(37-32)24-6-4-3-5-7-24)31(41)36-26-17-27(39-14-12-33-13-15-39)19-28(18-26)40-20-23(2)35-21-40/h6-14,19-24H,15-18H2,1-5H3,(H,40,46)(H,38,41,42);3-11,16-21,33H,12-15H2,1-2H3,(H,36,41)(H,34,37,38). The molecule has 20 nitrogen and oxygen atoms in total. The molecule has 3 amide bonds. The van der Waals surface area contributed by atoms with E-state index in [0.29, 0.717) is 54.9 Å². The summed E-state index contributed by atoms with van der Waals surface area (Å²) >= 11 is 0. The molecule has 0 aliphatic carbocycles. The number of amides is 3. The second-order valence-corrected chi connectivity index (χ2v) is 23.0. The Bertz CT molecular complexity index is 4130. The van der Waals surface area contributed by atoms with Crippen molar-refractivity contribution in [1.29, 1.82) is 0 Å². The maximum atomic E-state index is 13.7. The summed E-state index contributed by atoms with van der Waals surface area (Å²) in [4.78, 5) is 73.0. The normalized spacial score (nSPS) is 13.2. The van der Waals surface area contributed by atoms with Gasteiger partial charge in [0.1, 0.15) is 5.60 Å². The topological polar surface area (TPSA) is 218 Å². The monoisotopic (exact) mass is 1190 g/mol. The number of carbonyl (C=O) groups excluding carboxylic acids is 3. The summed E-state index contributed by atoms with van der Waals surface area (Å²) in [6, 6.07) is 46.8. The molecule has 12 rings (SSSR count). The van der Waals surface area contributed by atoms with Gasteiger partial charge in [0, 0.05) is 134 Å². The predicted molar refractivity (Wildman–Crippen MR) is 351 cm³/mol. The van der Waals surface area contributed by atoms with Gasteiger partial charge in [-0.05, 0) is 132 Å². The number of anilines is 8. The largest absolute Gasteiger partial charge is 0.444 e. The van der Waals surface area contributed by atoms with Crippen molar-refractivity contribution < 1.29 is 19.1 Å². The minimum atomic E-state index is -0.548. The third-order valence-electron chi connectivity index (χ3n) is 15.1. The van der Waals surface area contributed by atoms with Gasteiger partial charge >= 0.3 is 6.09 Å². The molecule has 2 fully saturated rings. The van der Waals surface area contributed by atoms with Crippen molar-refractivity contribution in [1.82, 2.24) is 49.3 Å². The van der Waals surface area contributed by atoms with Gasteiger partial charge in [-0.2, -0.15) is 0 Å². The Morgan fingerprint density at radius 3 is 1.36 bits per heavy atom. The quantitative estimate of drug-likeness (QED) is 0.0684. The molecule has 0 saturated carbocycles. The number of hydrogen-bond donors (Lipinski definition) is 5. The van der Waals surface area contributed by atoms with Crippen LogP contribution in [0.3, 0.4) is 0 Å². The van der Waals surface area contributed by atoms with Gasteiger partial charge in [-0.15, -0.1) is 0 Å². The number of imidazole rings is 2. The van der Waals surface area contributed by atoms with Crippen LogP contribution in [0.25, 0.3) is 33.9 Å². The summed E-state index contributed by atoms with van der Waals surface area (Å²) < 4.78 is 9.49. The summed E-state index contributed by atoms with van der Waals surface area (Å²) in [7, 11) is 0. The van der Waals surface area contributed by atoms with Crippen LogP contribution < -0.4 is 36.4 Å². The zero-order chi connectivity index (χ0) is 62.0. The van der Waals surface area contributed by atoms with E-state index in [-0.39, 0.29) is 17.9 Å². The lowest BCUT2D eigenvalue weighted by Crippen LogP contribution is -2.50. The summed E-state index contributed by atoms with van der Waals surface area (Å²) in [5.41, 5.74) is 14.5. The smallest absolute Gasteiger partial charge is 0.410 e. The zero-order valence-corrected chi connectivity index (χ0v) is 51.0. The van der Waals surface area contributed by atoms with E-state index in [1.165, 1.54) is 0 Å². The van der Waals surface area contributed by atoms with Crippen molar-refractivity contribution in [3.05, 3.63) is 217 Å². The highest BCUT2D eigenvalue weighted by atomic mass is 16.6. The third kappa shape index (κ3) is 15.5. The predicted octanol–water partition coefficient (Wildman–Crippen LogP) is 12.4. The molecule has 0 spiro atoms. The fourth-order valence-corrected chi connectivity index (χ4v) is 10.3. The molecule has 6 heterocycles. The summed E-state index contributed by atoms with van der Waals surface area (Å²) in [6.45, 7) is 19.4. The van der Waals surface area contributed by atoms with E-state index in [1.54, 1.807) is 36.0 Å². The molecule has 0 atom stereocenters. The van der Waals surface area contributed by atoms with Crippen LogP contribution in [0, 0.1) is 27.7 Å². The van der Waals surface area contributed by atoms with Gasteiger partial charge in [0.2, 0.25) is 11.9 Å². The molecule has 452 valence electrons. The molecule has 4 aromatic heterocycles. The van der Waals surface area contributed by atoms with Crippen molar-refractivity contribution in [3.8, 4) is 33.9 Å². The highest BCUT2D eigenvalue weighted by Crippen LogP contribution is 2.31. The third-order valence-corrected chi connectivity index (χ3v) is 15.1. The first-order valence-corrected chi connectivity index (χ1v) is 29.7. The van der Waals surface area contributed by atoms with Crippen LogP contribution in [0.4, 0.5) is 50.8 Å². The Balaban J connectivity index is 0.000000186. The lowest BCUT2D eigenvalue weighted by Gasteiger charge is -2.37. The van der Waals surface area contributed by atoms with Gasteiger partial charge in [0.15, 0.2) is 0 Å². The summed E-state index contributed by atoms with van der Waals surface area (Å²) in [5, 5.41) is 16.2. The van der Waals surface area contributed by atoms with E-state index < -0.39 is 5.60 Å². The van der Waals surface area contributed by atoms with E-state index in [4.69, 9.17) is 4.74 Å². The fourth-order valence-electron chi connectivity index (χ4n) is 10.3. The van der Waals surface area contributed by atoms with E-state index in [1.807, 2.05) is 197 Å². The van der Waals surface area contributed by atoms with E-state index in [2.05, 4.69) is 78.4 Å². The van der Waals surface area contributed by atoms with Crippen molar-refractivity contribution in [2.24, 2.45) is 0 Å². The van der Waals surface area contributed by atoms with E-state index >= 15 is 0 Å². The summed E-state index contributed by atoms with van der Waals surface area (Å²) in [6.07, 6.45) is 10.6. The average molecular weight is 1190 g/mol. The number of ether oxygens (including phenoxy) is 1. The average Bonchev–Trinajstić information content (AvgIpc) is 3.62. The number of carbonyl (C=O) groups is 3. The molecule has 0 bridgehead atoms. The lowest BCUT2D eigenvalue weighted by atomic mass is 10.1. The van der Waals surface area contributed by atoms with Crippen LogP contribution in [0.5, 0.6) is 0 Å². The van der Waals surface area contributed by atoms with Crippen LogP contribution in [0.15, 0.2) is 183 Å². The fraction of sp³-hybridized carbons (Fsp3) is 0.232. The molecule has 10 aromatic rings. The van der Waals surface area contributed by atoms with E-state index in [9.17, 15) is 14.4 Å². The highest BCUT2D eigenvalue weighted by molar-refractivity contribution is 6.06. The van der Waals surface area contributed by atoms with Gasteiger partial charge in [-0.25, -0.2) is 34.7 Å². The van der Waals surface area contributed by atoms with Gasteiger partial charge in [0.05, 0.1) is 46.8 Å². The first kappa shape index (κ1) is 60.0. The van der Waals surface area contributed by atoms with E-state index in [0.717, 1.165) is 111 Å². The molecule has 20 heteroatoms. The number of hydrogen-bond acceptors (Lipinski definition) is 15. The van der Waals surface area contributed by atoms with Gasteiger partial charge < -0.3 is 55.2 Å². The minimum Gasteiger partial charge on any atom is -0.444 e. The van der Waals surface area contributed by atoms with Crippen LogP contribution in [0.2, 0.25) is 0 Å². The highest BCUT2D eigenvalue weighted by Gasteiger charge is 2.27. The minimum absolute atomic E-state index is 0.197. The number of nitrogens with zero attached hydrogens (tertiary/aromatic N) is 11. The zero-order valence-electron chi connectivity index (χ0n) is 51.0. The second kappa shape index (κ2) is 26.9. The number of aryl methyl sites for hydroxylation is 4. The number of piperazine rings is 2. The maximum Gasteiger partial charge on any atom is 0.410 e. The van der Waals surface area contributed by atoms with Crippen LogP contribution in [-0.2, 0) is 4.74 Å². The number of rotatable bonds is 14. The molecular formula is C69H72N16O4.